The highest BCUT2D eigenvalue weighted by Gasteiger charge is 2.29. The van der Waals surface area contributed by atoms with Crippen LogP contribution in [0.4, 0.5) is 5.69 Å². The summed E-state index contributed by atoms with van der Waals surface area (Å²) < 4.78 is 1.98. The molecule has 2 amide bonds. The van der Waals surface area contributed by atoms with Gasteiger partial charge in [-0.1, -0.05) is 30.3 Å². The number of nitrogens with zero attached hydrogens (tertiary/aromatic N) is 3. The van der Waals surface area contributed by atoms with Crippen molar-refractivity contribution in [3.05, 3.63) is 60.4 Å². The van der Waals surface area contributed by atoms with Gasteiger partial charge in [0.15, 0.2) is 0 Å². The first-order chi connectivity index (χ1) is 14.2. The van der Waals surface area contributed by atoms with Crippen molar-refractivity contribution in [2.24, 2.45) is 5.92 Å². The Morgan fingerprint density at radius 2 is 1.83 bits per heavy atom. The first-order valence-corrected chi connectivity index (χ1v) is 10.2. The van der Waals surface area contributed by atoms with Crippen molar-refractivity contribution < 1.29 is 9.59 Å². The van der Waals surface area contributed by atoms with Gasteiger partial charge in [0.2, 0.25) is 11.8 Å². The molecule has 0 aliphatic heterocycles. The van der Waals surface area contributed by atoms with Crippen molar-refractivity contribution in [2.75, 3.05) is 18.0 Å². The predicted molar refractivity (Wildman–Crippen MR) is 114 cm³/mol. The molecule has 0 radical (unpaired) electrons. The second-order valence-electron chi connectivity index (χ2n) is 7.39. The summed E-state index contributed by atoms with van der Waals surface area (Å²) in [5, 5.41) is 2.99. The molecule has 6 nitrogen and oxygen atoms in total. The number of benzene rings is 2. The van der Waals surface area contributed by atoms with Gasteiger partial charge in [-0.3, -0.25) is 9.59 Å². The zero-order chi connectivity index (χ0) is 20.2. The number of amides is 2. The highest BCUT2D eigenvalue weighted by atomic mass is 16.2. The minimum absolute atomic E-state index is 0.0186. The maximum absolute atomic E-state index is 13.1. The molecule has 0 unspecified atom stereocenters. The maximum atomic E-state index is 13.1. The Balaban J connectivity index is 1.54. The lowest BCUT2D eigenvalue weighted by molar-refractivity contribution is -0.122. The van der Waals surface area contributed by atoms with E-state index in [0.29, 0.717) is 19.5 Å². The van der Waals surface area contributed by atoms with E-state index in [1.807, 2.05) is 66.1 Å². The smallest absolute Gasteiger partial charge is 0.246 e. The number of anilines is 1. The van der Waals surface area contributed by atoms with Crippen LogP contribution in [0.3, 0.4) is 0 Å². The molecule has 1 N–H and O–H groups in total. The highest BCUT2D eigenvalue weighted by Crippen LogP contribution is 2.28. The van der Waals surface area contributed by atoms with Gasteiger partial charge in [-0.15, -0.1) is 0 Å². The summed E-state index contributed by atoms with van der Waals surface area (Å²) in [5.74, 6) is 1.16. The van der Waals surface area contributed by atoms with Crippen LogP contribution in [-0.4, -0.2) is 34.5 Å². The first kappa shape index (κ1) is 19.2. The van der Waals surface area contributed by atoms with Gasteiger partial charge in [0.1, 0.15) is 12.4 Å². The van der Waals surface area contributed by atoms with Crippen molar-refractivity contribution in [1.29, 1.82) is 0 Å². The molecular weight excluding hydrogens is 364 g/mol. The number of para-hydroxylation sites is 3. The van der Waals surface area contributed by atoms with E-state index in [4.69, 9.17) is 4.98 Å². The summed E-state index contributed by atoms with van der Waals surface area (Å²) in [6.07, 6.45) is 2.58. The van der Waals surface area contributed by atoms with Gasteiger partial charge in [-0.2, -0.15) is 0 Å². The Bertz CT molecular complexity index is 1010. The van der Waals surface area contributed by atoms with E-state index in [1.54, 1.807) is 4.90 Å². The fourth-order valence-corrected chi connectivity index (χ4v) is 3.61. The highest BCUT2D eigenvalue weighted by molar-refractivity contribution is 5.94. The van der Waals surface area contributed by atoms with Crippen LogP contribution in [0.1, 0.15) is 25.6 Å². The number of fused-ring (bicyclic) bond motifs is 1. The van der Waals surface area contributed by atoms with Crippen molar-refractivity contribution in [3.63, 3.8) is 0 Å². The van der Waals surface area contributed by atoms with E-state index in [0.717, 1.165) is 35.4 Å². The van der Waals surface area contributed by atoms with Gasteiger partial charge in [0.25, 0.3) is 0 Å². The Hall–Kier alpha value is -3.15. The molecule has 0 spiro atoms. The average Bonchev–Trinajstić information content (AvgIpc) is 3.54. The average molecular weight is 390 g/mol. The molecule has 29 heavy (non-hydrogen) atoms. The number of rotatable bonds is 8. The van der Waals surface area contributed by atoms with Crippen LogP contribution >= 0.6 is 0 Å². The fourth-order valence-electron chi connectivity index (χ4n) is 3.61. The van der Waals surface area contributed by atoms with Gasteiger partial charge >= 0.3 is 0 Å². The standard InChI is InChI=1S/C23H26N4O2/c1-2-26(18-8-4-3-5-9-18)22(28)16-27-20-11-7-6-10-19(20)25-21(27)14-15-24-23(29)17-12-13-17/h3-11,17H,2,12-16H2,1H3,(H,24,29). The maximum Gasteiger partial charge on any atom is 0.246 e. The minimum atomic E-state index is 0.0186. The normalized spacial score (nSPS) is 13.4. The molecule has 1 aliphatic carbocycles. The van der Waals surface area contributed by atoms with E-state index < -0.39 is 0 Å². The van der Waals surface area contributed by atoms with Crippen LogP contribution in [0, 0.1) is 5.92 Å². The number of carbonyl (C=O) groups excluding carboxylic acids is 2. The number of carbonyl (C=O) groups is 2. The number of nitrogens with one attached hydrogen (secondary N) is 1. The van der Waals surface area contributed by atoms with Crippen LogP contribution in [0.5, 0.6) is 0 Å². The molecule has 1 saturated carbocycles. The summed E-state index contributed by atoms with van der Waals surface area (Å²) in [6.45, 7) is 3.33. The Morgan fingerprint density at radius 1 is 1.10 bits per heavy atom. The molecule has 2 aromatic carbocycles. The molecule has 0 bridgehead atoms. The fraction of sp³-hybridized carbons (Fsp3) is 0.348. The molecule has 1 aromatic heterocycles. The van der Waals surface area contributed by atoms with Crippen LogP contribution < -0.4 is 10.2 Å². The third-order valence-electron chi connectivity index (χ3n) is 5.31. The molecule has 4 rings (SSSR count). The van der Waals surface area contributed by atoms with Gasteiger partial charge in [-0.25, -0.2) is 4.98 Å². The molecule has 0 saturated heterocycles. The Labute approximate surface area is 170 Å². The van der Waals surface area contributed by atoms with E-state index in [-0.39, 0.29) is 24.3 Å². The van der Waals surface area contributed by atoms with Gasteiger partial charge in [0.05, 0.1) is 11.0 Å². The zero-order valence-corrected chi connectivity index (χ0v) is 16.7. The summed E-state index contributed by atoms with van der Waals surface area (Å²) in [6, 6.07) is 17.6. The molecule has 0 atom stereocenters. The number of imidazole rings is 1. The van der Waals surface area contributed by atoms with E-state index in [1.165, 1.54) is 0 Å². The van der Waals surface area contributed by atoms with Crippen molar-refractivity contribution >= 4 is 28.5 Å². The molecule has 150 valence electrons. The van der Waals surface area contributed by atoms with Crippen LogP contribution in [0.25, 0.3) is 11.0 Å². The molecule has 6 heteroatoms. The van der Waals surface area contributed by atoms with Crippen molar-refractivity contribution in [1.82, 2.24) is 14.9 Å². The SMILES string of the molecule is CCN(C(=O)Cn1c(CCNC(=O)C2CC2)nc2ccccc21)c1ccccc1. The monoisotopic (exact) mass is 390 g/mol. The Kier molecular flexibility index (Phi) is 5.60. The van der Waals surface area contributed by atoms with Crippen LogP contribution in [0.2, 0.25) is 0 Å². The molecule has 3 aromatic rings. The molecule has 1 aliphatic rings. The molecular formula is C23H26N4O2. The second kappa shape index (κ2) is 8.47. The third kappa shape index (κ3) is 4.31. The zero-order valence-electron chi connectivity index (χ0n) is 16.7. The number of hydrogen-bond donors (Lipinski definition) is 1. The number of aromatic nitrogens is 2. The lowest BCUT2D eigenvalue weighted by Crippen LogP contribution is -2.34. The van der Waals surface area contributed by atoms with Gasteiger partial charge in [-0.05, 0) is 44.0 Å². The van der Waals surface area contributed by atoms with E-state index in [9.17, 15) is 9.59 Å². The quantitative estimate of drug-likeness (QED) is 0.642. The lowest BCUT2D eigenvalue weighted by atomic mass is 10.2. The van der Waals surface area contributed by atoms with Crippen LogP contribution in [-0.2, 0) is 22.6 Å². The summed E-state index contributed by atoms with van der Waals surface area (Å²) in [5.41, 5.74) is 2.70. The number of hydrogen-bond acceptors (Lipinski definition) is 3. The van der Waals surface area contributed by atoms with Crippen molar-refractivity contribution in [3.8, 4) is 0 Å². The lowest BCUT2D eigenvalue weighted by Gasteiger charge is -2.22. The molecule has 1 heterocycles. The minimum Gasteiger partial charge on any atom is -0.355 e. The summed E-state index contributed by atoms with van der Waals surface area (Å²) in [4.78, 5) is 31.5. The van der Waals surface area contributed by atoms with Gasteiger partial charge in [0, 0.05) is 31.1 Å². The third-order valence-corrected chi connectivity index (χ3v) is 5.31. The summed E-state index contributed by atoms with van der Waals surface area (Å²) >= 11 is 0. The number of likely N-dealkylation sites (N-methyl/N-ethyl adjacent to an activating group) is 1. The van der Waals surface area contributed by atoms with Crippen LogP contribution in [0.15, 0.2) is 54.6 Å². The second-order valence-corrected chi connectivity index (χ2v) is 7.39. The van der Waals surface area contributed by atoms with E-state index in [2.05, 4.69) is 5.32 Å². The Morgan fingerprint density at radius 3 is 2.55 bits per heavy atom. The predicted octanol–water partition coefficient (Wildman–Crippen LogP) is 3.16. The summed E-state index contributed by atoms with van der Waals surface area (Å²) in [7, 11) is 0. The van der Waals surface area contributed by atoms with E-state index >= 15 is 0 Å². The first-order valence-electron chi connectivity index (χ1n) is 10.2. The van der Waals surface area contributed by atoms with Crippen molar-refractivity contribution in [2.45, 2.75) is 32.7 Å². The van der Waals surface area contributed by atoms with Gasteiger partial charge < -0.3 is 14.8 Å². The largest absolute Gasteiger partial charge is 0.355 e. The topological polar surface area (TPSA) is 67.2 Å². The molecule has 1 fully saturated rings.